The van der Waals surface area contributed by atoms with Crippen molar-refractivity contribution < 1.29 is 19.4 Å². The van der Waals surface area contributed by atoms with Gasteiger partial charge in [-0.2, -0.15) is 0 Å². The average molecular weight is 172 g/mol. The number of carbonyl (C=O) groups is 2. The maximum absolute atomic E-state index is 11.4. The minimum Gasteiger partial charge on any atom is -0.480 e. The van der Waals surface area contributed by atoms with Crippen molar-refractivity contribution in [3.05, 3.63) is 0 Å². The van der Waals surface area contributed by atoms with Crippen molar-refractivity contribution in [1.82, 2.24) is 0 Å². The maximum Gasteiger partial charge on any atom is 0.322 e. The van der Waals surface area contributed by atoms with Gasteiger partial charge in [0.25, 0.3) is 0 Å². The molecule has 1 aliphatic rings. The highest BCUT2D eigenvalue weighted by molar-refractivity contribution is 6.05. The van der Waals surface area contributed by atoms with Crippen LogP contribution in [0.15, 0.2) is 0 Å². The number of ketones is 1. The van der Waals surface area contributed by atoms with Crippen LogP contribution in [0.1, 0.15) is 13.8 Å². The number of rotatable bonds is 3. The summed E-state index contributed by atoms with van der Waals surface area (Å²) in [6, 6.07) is 0. The molecule has 0 spiro atoms. The van der Waals surface area contributed by atoms with E-state index in [2.05, 4.69) is 0 Å². The molecule has 68 valence electrons. The molecule has 0 radical (unpaired) electrons. The first-order valence-electron chi connectivity index (χ1n) is 3.86. The predicted molar refractivity (Wildman–Crippen MR) is 40.7 cm³/mol. The first-order chi connectivity index (χ1) is 5.50. The van der Waals surface area contributed by atoms with Gasteiger partial charge in [0.05, 0.1) is 13.2 Å². The van der Waals surface area contributed by atoms with Gasteiger partial charge in [0, 0.05) is 5.92 Å². The third-order valence-electron chi connectivity index (χ3n) is 2.10. The minimum absolute atomic E-state index is 0.0271. The summed E-state index contributed by atoms with van der Waals surface area (Å²) in [7, 11) is 0. The fraction of sp³-hybridized carbons (Fsp3) is 0.750. The lowest BCUT2D eigenvalue weighted by Crippen LogP contribution is -2.56. The summed E-state index contributed by atoms with van der Waals surface area (Å²) < 4.78 is 4.77. The van der Waals surface area contributed by atoms with Crippen molar-refractivity contribution in [3.63, 3.8) is 0 Å². The molecule has 0 saturated carbocycles. The summed E-state index contributed by atoms with van der Waals surface area (Å²) in [6.07, 6.45) is 0. The first kappa shape index (κ1) is 9.19. The van der Waals surface area contributed by atoms with Crippen LogP contribution < -0.4 is 0 Å². The Hall–Kier alpha value is -0.900. The van der Waals surface area contributed by atoms with Crippen LogP contribution in [0.5, 0.6) is 0 Å². The van der Waals surface area contributed by atoms with Crippen molar-refractivity contribution in [1.29, 1.82) is 0 Å². The lowest BCUT2D eigenvalue weighted by Gasteiger charge is -2.36. The average Bonchev–Trinajstić information content (AvgIpc) is 1.83. The molecule has 0 amide bonds. The molecule has 0 aromatic heterocycles. The molecule has 1 fully saturated rings. The summed E-state index contributed by atoms with van der Waals surface area (Å²) in [4.78, 5) is 22.2. The highest BCUT2D eigenvalue weighted by Crippen LogP contribution is 2.31. The molecular formula is C8H12O4. The van der Waals surface area contributed by atoms with Gasteiger partial charge in [-0.3, -0.25) is 9.59 Å². The second-order valence-electron chi connectivity index (χ2n) is 3.40. The quantitative estimate of drug-likeness (QED) is 0.622. The zero-order valence-electron chi connectivity index (χ0n) is 7.16. The van der Waals surface area contributed by atoms with Gasteiger partial charge in [-0.15, -0.1) is 0 Å². The van der Waals surface area contributed by atoms with Crippen LogP contribution in [0.3, 0.4) is 0 Å². The first-order valence-corrected chi connectivity index (χ1v) is 3.86. The van der Waals surface area contributed by atoms with Crippen LogP contribution in [-0.2, 0) is 14.3 Å². The van der Waals surface area contributed by atoms with Gasteiger partial charge in [-0.1, -0.05) is 13.8 Å². The van der Waals surface area contributed by atoms with Crippen LogP contribution in [0.25, 0.3) is 0 Å². The van der Waals surface area contributed by atoms with Crippen molar-refractivity contribution in [2.24, 2.45) is 11.3 Å². The Bertz CT molecular complexity index is 215. The zero-order valence-corrected chi connectivity index (χ0v) is 7.16. The zero-order chi connectivity index (χ0) is 9.35. The second kappa shape index (κ2) is 2.86. The fourth-order valence-corrected chi connectivity index (χ4v) is 1.23. The molecule has 0 aliphatic carbocycles. The van der Waals surface area contributed by atoms with E-state index in [0.717, 1.165) is 0 Å². The predicted octanol–water partition coefficient (Wildman–Crippen LogP) is 0.313. The molecule has 12 heavy (non-hydrogen) atoms. The molecule has 1 heterocycles. The Morgan fingerprint density at radius 2 is 1.92 bits per heavy atom. The Morgan fingerprint density at radius 3 is 2.00 bits per heavy atom. The highest BCUT2D eigenvalue weighted by Gasteiger charge is 2.53. The van der Waals surface area contributed by atoms with E-state index in [1.807, 2.05) is 0 Å². The van der Waals surface area contributed by atoms with Gasteiger partial charge in [-0.25, -0.2) is 0 Å². The van der Waals surface area contributed by atoms with E-state index in [0.29, 0.717) is 0 Å². The number of carbonyl (C=O) groups excluding carboxylic acids is 1. The van der Waals surface area contributed by atoms with E-state index in [9.17, 15) is 9.59 Å². The van der Waals surface area contributed by atoms with Crippen LogP contribution in [-0.4, -0.2) is 30.1 Å². The fourth-order valence-electron chi connectivity index (χ4n) is 1.23. The molecule has 4 nitrogen and oxygen atoms in total. The van der Waals surface area contributed by atoms with Gasteiger partial charge in [0.1, 0.15) is 0 Å². The van der Waals surface area contributed by atoms with Gasteiger partial charge in [0.15, 0.2) is 11.2 Å². The molecule has 1 rings (SSSR count). The number of hydrogen-bond acceptors (Lipinski definition) is 3. The molecule has 4 heteroatoms. The van der Waals surface area contributed by atoms with Crippen molar-refractivity contribution >= 4 is 11.8 Å². The SMILES string of the molecule is CC(C)C(=O)C1(C(=O)O)COC1. The highest BCUT2D eigenvalue weighted by atomic mass is 16.5. The summed E-state index contributed by atoms with van der Waals surface area (Å²) in [5.74, 6) is -1.54. The molecule has 0 aromatic carbocycles. The molecule has 1 aliphatic heterocycles. The molecule has 0 unspecified atom stereocenters. The summed E-state index contributed by atoms with van der Waals surface area (Å²) in [6.45, 7) is 3.45. The largest absolute Gasteiger partial charge is 0.480 e. The molecule has 0 atom stereocenters. The lowest BCUT2D eigenvalue weighted by atomic mass is 9.77. The Kier molecular flexibility index (Phi) is 2.19. The number of carboxylic acids is 1. The monoisotopic (exact) mass is 172 g/mol. The maximum atomic E-state index is 11.4. The standard InChI is InChI=1S/C8H12O4/c1-5(2)6(9)8(7(10)11)3-12-4-8/h5H,3-4H2,1-2H3,(H,10,11). The van der Waals surface area contributed by atoms with E-state index < -0.39 is 11.4 Å². The van der Waals surface area contributed by atoms with Crippen molar-refractivity contribution in [2.45, 2.75) is 13.8 Å². The van der Waals surface area contributed by atoms with E-state index in [4.69, 9.17) is 9.84 Å². The lowest BCUT2D eigenvalue weighted by molar-refractivity contribution is -0.185. The van der Waals surface area contributed by atoms with Crippen molar-refractivity contribution in [2.75, 3.05) is 13.2 Å². The Morgan fingerprint density at radius 1 is 1.42 bits per heavy atom. The third kappa shape index (κ3) is 1.12. The topological polar surface area (TPSA) is 63.6 Å². The van der Waals surface area contributed by atoms with Gasteiger partial charge in [-0.05, 0) is 0 Å². The second-order valence-corrected chi connectivity index (χ2v) is 3.40. The molecule has 1 saturated heterocycles. The number of ether oxygens (including phenoxy) is 1. The van der Waals surface area contributed by atoms with Crippen molar-refractivity contribution in [3.8, 4) is 0 Å². The van der Waals surface area contributed by atoms with Crippen LogP contribution in [0.4, 0.5) is 0 Å². The number of carboxylic acid groups (broad SMARTS) is 1. The Balaban J connectivity index is 2.81. The van der Waals surface area contributed by atoms with Gasteiger partial charge in [0.2, 0.25) is 0 Å². The number of Topliss-reactive ketones (excluding diaryl/α,β-unsaturated/α-hetero) is 1. The molecule has 1 N–H and O–H groups in total. The summed E-state index contributed by atoms with van der Waals surface area (Å²) >= 11 is 0. The van der Waals surface area contributed by atoms with Crippen LogP contribution in [0.2, 0.25) is 0 Å². The minimum atomic E-state index is -1.24. The number of aliphatic carboxylic acids is 1. The normalized spacial score (nSPS) is 20.2. The van der Waals surface area contributed by atoms with E-state index in [-0.39, 0.29) is 24.9 Å². The van der Waals surface area contributed by atoms with Gasteiger partial charge >= 0.3 is 5.97 Å². The molecule has 0 aromatic rings. The van der Waals surface area contributed by atoms with Crippen LogP contribution >= 0.6 is 0 Å². The van der Waals surface area contributed by atoms with E-state index >= 15 is 0 Å². The summed E-state index contributed by atoms with van der Waals surface area (Å²) in [5.41, 5.74) is -1.24. The van der Waals surface area contributed by atoms with E-state index in [1.54, 1.807) is 13.8 Å². The van der Waals surface area contributed by atoms with Gasteiger partial charge < -0.3 is 9.84 Å². The molecular weight excluding hydrogens is 160 g/mol. The molecule has 0 bridgehead atoms. The van der Waals surface area contributed by atoms with E-state index in [1.165, 1.54) is 0 Å². The number of hydrogen-bond donors (Lipinski definition) is 1. The third-order valence-corrected chi connectivity index (χ3v) is 2.10. The summed E-state index contributed by atoms with van der Waals surface area (Å²) in [5, 5.41) is 8.80. The van der Waals surface area contributed by atoms with Crippen LogP contribution in [0, 0.1) is 11.3 Å². The smallest absolute Gasteiger partial charge is 0.322 e. The Labute approximate surface area is 70.5 Å².